The van der Waals surface area contributed by atoms with Gasteiger partial charge in [-0.25, -0.2) is 13.5 Å². The molecule has 0 fully saturated rings. The largest absolute Gasteiger partial charge is 0.452 e. The first-order valence-corrected chi connectivity index (χ1v) is 9.32. The molecule has 0 saturated heterocycles. The summed E-state index contributed by atoms with van der Waals surface area (Å²) in [5, 5.41) is 6.87. The minimum Gasteiger partial charge on any atom is -0.452 e. The molecule has 0 radical (unpaired) electrons. The molecule has 1 aromatic heterocycles. The van der Waals surface area contributed by atoms with Crippen LogP contribution in [0.25, 0.3) is 5.69 Å². The molecule has 0 aliphatic rings. The topological polar surface area (TPSA) is 73.2 Å². The molecule has 8 heteroatoms. The van der Waals surface area contributed by atoms with E-state index in [0.717, 1.165) is 29.1 Å². The van der Waals surface area contributed by atoms with E-state index in [1.165, 1.54) is 13.0 Å². The number of aryl methyl sites for hydroxylation is 1. The first kappa shape index (κ1) is 21.2. The highest BCUT2D eigenvalue weighted by molar-refractivity contribution is 5.95. The van der Waals surface area contributed by atoms with Crippen LogP contribution in [0.15, 0.2) is 48.5 Å². The van der Waals surface area contributed by atoms with E-state index < -0.39 is 29.6 Å². The third kappa shape index (κ3) is 4.71. The van der Waals surface area contributed by atoms with Crippen LogP contribution < -0.4 is 5.32 Å². The van der Waals surface area contributed by atoms with Crippen molar-refractivity contribution in [2.45, 2.75) is 33.3 Å². The first-order chi connectivity index (χ1) is 14.3. The predicted octanol–water partition coefficient (Wildman–Crippen LogP) is 3.88. The molecule has 1 N–H and O–H groups in total. The molecule has 30 heavy (non-hydrogen) atoms. The summed E-state index contributed by atoms with van der Waals surface area (Å²) in [6.45, 7) is 5.06. The minimum absolute atomic E-state index is 0.0483. The maximum Gasteiger partial charge on any atom is 0.311 e. The molecule has 0 aliphatic heterocycles. The summed E-state index contributed by atoms with van der Waals surface area (Å²) in [5.74, 6) is -3.35. The molecular formula is C22H21F2N3O3. The number of para-hydroxylation sites is 1. The lowest BCUT2D eigenvalue weighted by Gasteiger charge is -2.14. The van der Waals surface area contributed by atoms with Gasteiger partial charge in [-0.3, -0.25) is 9.59 Å². The highest BCUT2D eigenvalue weighted by Crippen LogP contribution is 2.19. The van der Waals surface area contributed by atoms with E-state index in [2.05, 4.69) is 10.4 Å². The normalized spacial score (nSPS) is 11.8. The first-order valence-electron chi connectivity index (χ1n) is 9.32. The zero-order chi connectivity index (χ0) is 21.8. The number of nitrogens with one attached hydrogen (secondary N) is 1. The molecule has 0 spiro atoms. The Balaban J connectivity index is 1.64. The zero-order valence-corrected chi connectivity index (χ0v) is 16.8. The Bertz CT molecular complexity index is 1080. The minimum atomic E-state index is -1.12. The summed E-state index contributed by atoms with van der Waals surface area (Å²) < 4.78 is 33.2. The second kappa shape index (κ2) is 8.86. The van der Waals surface area contributed by atoms with Crippen molar-refractivity contribution < 1.29 is 23.1 Å². The van der Waals surface area contributed by atoms with Gasteiger partial charge in [0.1, 0.15) is 0 Å². The van der Waals surface area contributed by atoms with Crippen LogP contribution in [0.1, 0.15) is 23.9 Å². The second-order valence-corrected chi connectivity index (χ2v) is 6.82. The Hall–Kier alpha value is -3.55. The molecule has 0 aliphatic carbocycles. The molecule has 0 bridgehead atoms. The predicted molar refractivity (Wildman–Crippen MR) is 107 cm³/mol. The Kier molecular flexibility index (Phi) is 6.25. The summed E-state index contributed by atoms with van der Waals surface area (Å²) in [6.07, 6.45) is -1.16. The third-order valence-electron chi connectivity index (χ3n) is 4.63. The lowest BCUT2D eigenvalue weighted by atomic mass is 10.1. The molecule has 6 nitrogen and oxygen atoms in total. The number of rotatable bonds is 6. The van der Waals surface area contributed by atoms with Gasteiger partial charge in [-0.15, -0.1) is 0 Å². The average Bonchev–Trinajstić information content (AvgIpc) is 2.99. The van der Waals surface area contributed by atoms with Crippen LogP contribution in [0, 0.1) is 25.5 Å². The van der Waals surface area contributed by atoms with Gasteiger partial charge in [0, 0.05) is 23.0 Å². The molecule has 0 saturated carbocycles. The van der Waals surface area contributed by atoms with E-state index >= 15 is 0 Å². The van der Waals surface area contributed by atoms with E-state index in [-0.39, 0.29) is 12.1 Å². The number of carbonyl (C=O) groups is 2. The SMILES string of the molecule is Cc1nn(-c2ccccc2)c(C)c1CC(=O)O[C@H](C)C(=O)Nc1ccc(F)c(F)c1. The fourth-order valence-corrected chi connectivity index (χ4v) is 3.01. The number of carbonyl (C=O) groups excluding carboxylic acids is 2. The maximum atomic E-state index is 13.3. The van der Waals surface area contributed by atoms with Crippen molar-refractivity contribution in [3.8, 4) is 5.69 Å². The molecule has 1 atom stereocenters. The van der Waals surface area contributed by atoms with Gasteiger partial charge in [0.15, 0.2) is 17.7 Å². The van der Waals surface area contributed by atoms with Crippen LogP contribution in [0.5, 0.6) is 0 Å². The van der Waals surface area contributed by atoms with Gasteiger partial charge in [-0.05, 0) is 45.0 Å². The van der Waals surface area contributed by atoms with Crippen molar-refractivity contribution in [3.63, 3.8) is 0 Å². The number of esters is 1. The summed E-state index contributed by atoms with van der Waals surface area (Å²) in [6, 6.07) is 12.5. The second-order valence-electron chi connectivity index (χ2n) is 6.82. The zero-order valence-electron chi connectivity index (χ0n) is 16.8. The van der Waals surface area contributed by atoms with E-state index in [9.17, 15) is 18.4 Å². The van der Waals surface area contributed by atoms with Crippen LogP contribution in [-0.2, 0) is 20.7 Å². The summed E-state index contributed by atoms with van der Waals surface area (Å²) in [4.78, 5) is 24.6. The van der Waals surface area contributed by atoms with E-state index in [4.69, 9.17) is 4.74 Å². The number of benzene rings is 2. The van der Waals surface area contributed by atoms with Gasteiger partial charge in [-0.1, -0.05) is 18.2 Å². The highest BCUT2D eigenvalue weighted by Gasteiger charge is 2.21. The Morgan fingerprint density at radius 3 is 2.47 bits per heavy atom. The van der Waals surface area contributed by atoms with Gasteiger partial charge in [0.2, 0.25) is 0 Å². The molecule has 156 valence electrons. The van der Waals surface area contributed by atoms with Crippen molar-refractivity contribution in [2.75, 3.05) is 5.32 Å². The van der Waals surface area contributed by atoms with Gasteiger partial charge in [-0.2, -0.15) is 5.10 Å². The quantitative estimate of drug-likeness (QED) is 0.623. The number of aromatic nitrogens is 2. The highest BCUT2D eigenvalue weighted by atomic mass is 19.2. The fraction of sp³-hybridized carbons (Fsp3) is 0.227. The molecule has 0 unspecified atom stereocenters. The smallest absolute Gasteiger partial charge is 0.311 e. The Morgan fingerprint density at radius 1 is 1.10 bits per heavy atom. The molecule has 2 aromatic carbocycles. The summed E-state index contributed by atoms with van der Waals surface area (Å²) in [7, 11) is 0. The van der Waals surface area contributed by atoms with E-state index in [0.29, 0.717) is 5.69 Å². The van der Waals surface area contributed by atoms with Crippen LogP contribution in [0.4, 0.5) is 14.5 Å². The Morgan fingerprint density at radius 2 is 1.80 bits per heavy atom. The molecule has 1 amide bonds. The summed E-state index contributed by atoms with van der Waals surface area (Å²) in [5.41, 5.74) is 3.15. The van der Waals surface area contributed by atoms with Crippen LogP contribution >= 0.6 is 0 Å². The van der Waals surface area contributed by atoms with Crippen molar-refractivity contribution in [2.24, 2.45) is 0 Å². The number of anilines is 1. The van der Waals surface area contributed by atoms with Crippen molar-refractivity contribution in [1.82, 2.24) is 9.78 Å². The van der Waals surface area contributed by atoms with E-state index in [1.807, 2.05) is 37.3 Å². The molecule has 3 rings (SSSR count). The van der Waals surface area contributed by atoms with Gasteiger partial charge in [0.05, 0.1) is 17.8 Å². The Labute approximate surface area is 172 Å². The van der Waals surface area contributed by atoms with Gasteiger partial charge in [0.25, 0.3) is 5.91 Å². The number of hydrogen-bond acceptors (Lipinski definition) is 4. The number of amides is 1. The standard InChI is InChI=1S/C22H21F2N3O3/c1-13-18(14(2)27(26-13)17-7-5-4-6-8-17)12-21(28)30-15(3)22(29)25-16-9-10-19(23)20(24)11-16/h4-11,15H,12H2,1-3H3,(H,25,29)/t15-/m1/s1. The van der Waals surface area contributed by atoms with Gasteiger partial charge >= 0.3 is 5.97 Å². The average molecular weight is 413 g/mol. The lowest BCUT2D eigenvalue weighted by Crippen LogP contribution is -2.30. The fourth-order valence-electron chi connectivity index (χ4n) is 3.01. The maximum absolute atomic E-state index is 13.3. The van der Waals surface area contributed by atoms with E-state index in [1.54, 1.807) is 11.6 Å². The third-order valence-corrected chi connectivity index (χ3v) is 4.63. The van der Waals surface area contributed by atoms with Crippen LogP contribution in [0.3, 0.4) is 0 Å². The molecule has 1 heterocycles. The lowest BCUT2D eigenvalue weighted by molar-refractivity contribution is -0.152. The number of ether oxygens (including phenoxy) is 1. The molecule has 3 aromatic rings. The number of hydrogen-bond donors (Lipinski definition) is 1. The van der Waals surface area contributed by atoms with Crippen LogP contribution in [-0.4, -0.2) is 27.8 Å². The monoisotopic (exact) mass is 413 g/mol. The van der Waals surface area contributed by atoms with Gasteiger partial charge < -0.3 is 10.1 Å². The number of halogens is 2. The number of nitrogens with zero attached hydrogens (tertiary/aromatic N) is 2. The molecular weight excluding hydrogens is 392 g/mol. The van der Waals surface area contributed by atoms with Crippen molar-refractivity contribution in [1.29, 1.82) is 0 Å². The summed E-state index contributed by atoms with van der Waals surface area (Å²) >= 11 is 0. The van der Waals surface area contributed by atoms with Crippen molar-refractivity contribution in [3.05, 3.63) is 77.1 Å². The van der Waals surface area contributed by atoms with Crippen LogP contribution in [0.2, 0.25) is 0 Å². The van der Waals surface area contributed by atoms with Crippen molar-refractivity contribution >= 4 is 17.6 Å².